The summed E-state index contributed by atoms with van der Waals surface area (Å²) in [6.45, 7) is 0. The molecule has 0 saturated carbocycles. The maximum absolute atomic E-state index is 2.46. The Morgan fingerprint density at radius 1 is 0.276 bits per heavy atom. The zero-order valence-corrected chi connectivity index (χ0v) is 32.8. The van der Waals surface area contributed by atoms with Crippen molar-refractivity contribution in [3.05, 3.63) is 224 Å². The predicted molar refractivity (Wildman–Crippen MR) is 249 cm³/mol. The highest BCUT2D eigenvalue weighted by Crippen LogP contribution is 2.43. The Morgan fingerprint density at radius 3 is 1.33 bits per heavy atom. The summed E-state index contributed by atoms with van der Waals surface area (Å²) in [6.07, 6.45) is 0. The fraction of sp³-hybridized carbons (Fsp3) is 0. The van der Waals surface area contributed by atoms with E-state index in [1.54, 1.807) is 0 Å². The maximum atomic E-state index is 2.46. The Hall–Kier alpha value is -7.26. The van der Waals surface area contributed by atoms with Gasteiger partial charge in [-0.1, -0.05) is 188 Å². The van der Waals surface area contributed by atoms with Gasteiger partial charge in [0.25, 0.3) is 0 Å². The molecule has 10 aromatic rings. The van der Waals surface area contributed by atoms with Crippen LogP contribution in [-0.4, -0.2) is 8.07 Å². The molecule has 0 N–H and O–H groups in total. The predicted octanol–water partition coefficient (Wildman–Crippen LogP) is 12.1. The molecule has 0 saturated heterocycles. The SMILES string of the molecule is c1ccc(-c2ccc(N(c3ccc(-c4ccc5c(c4)-c4ccccc4[Si]54c5ccccc5-c5ccccc54)cc3)c3cc4ccccc4c4ccccc34)cc2)cc1. The van der Waals surface area contributed by atoms with Crippen molar-refractivity contribution < 1.29 is 0 Å². The fourth-order valence-corrected chi connectivity index (χ4v) is 15.8. The Balaban J connectivity index is 0.998. The number of fused-ring (bicyclic) bond motifs is 13. The number of benzene rings is 10. The van der Waals surface area contributed by atoms with E-state index in [4.69, 9.17) is 0 Å². The fourth-order valence-electron chi connectivity index (χ4n) is 10.2. The van der Waals surface area contributed by atoms with E-state index >= 15 is 0 Å². The van der Waals surface area contributed by atoms with Crippen LogP contribution in [0.25, 0.3) is 66.1 Å². The molecule has 0 fully saturated rings. The lowest BCUT2D eigenvalue weighted by atomic mass is 9.97. The van der Waals surface area contributed by atoms with Crippen molar-refractivity contribution in [1.82, 2.24) is 0 Å². The Kier molecular flexibility index (Phi) is 7.32. The third-order valence-corrected chi connectivity index (χ3v) is 17.7. The molecule has 2 aliphatic rings. The summed E-state index contributed by atoms with van der Waals surface area (Å²) in [4.78, 5) is 2.43. The molecule has 0 aliphatic carbocycles. The van der Waals surface area contributed by atoms with Crippen LogP contribution in [0.3, 0.4) is 0 Å². The van der Waals surface area contributed by atoms with E-state index in [-0.39, 0.29) is 0 Å². The summed E-state index contributed by atoms with van der Waals surface area (Å²) in [7, 11) is -2.45. The molecule has 0 unspecified atom stereocenters. The molecule has 10 aromatic carbocycles. The van der Waals surface area contributed by atoms with Gasteiger partial charge in [-0.25, -0.2) is 0 Å². The third-order valence-electron chi connectivity index (χ3n) is 12.7. The first-order valence-corrected chi connectivity index (χ1v) is 22.2. The number of rotatable bonds is 5. The summed E-state index contributed by atoms with van der Waals surface area (Å²) in [5.74, 6) is 0. The van der Waals surface area contributed by atoms with E-state index in [1.807, 2.05) is 0 Å². The van der Waals surface area contributed by atoms with Gasteiger partial charge >= 0.3 is 0 Å². The van der Waals surface area contributed by atoms with Gasteiger partial charge in [0.2, 0.25) is 0 Å². The number of hydrogen-bond donors (Lipinski definition) is 0. The highest BCUT2D eigenvalue weighted by molar-refractivity contribution is 7.24. The van der Waals surface area contributed by atoms with Crippen LogP contribution in [0.4, 0.5) is 17.1 Å². The molecule has 58 heavy (non-hydrogen) atoms. The first-order valence-electron chi connectivity index (χ1n) is 20.2. The highest BCUT2D eigenvalue weighted by atomic mass is 28.3. The highest BCUT2D eigenvalue weighted by Gasteiger charge is 2.53. The van der Waals surface area contributed by atoms with E-state index in [9.17, 15) is 0 Å². The Labute approximate surface area is 339 Å². The minimum absolute atomic E-state index is 1.12. The second-order valence-corrected chi connectivity index (χ2v) is 19.3. The average Bonchev–Trinajstić information content (AvgIpc) is 3.77. The minimum atomic E-state index is -2.45. The molecular weight excluding hydrogens is 715 g/mol. The van der Waals surface area contributed by atoms with Gasteiger partial charge in [0.1, 0.15) is 0 Å². The van der Waals surface area contributed by atoms with Crippen LogP contribution in [0, 0.1) is 0 Å². The summed E-state index contributed by atoms with van der Waals surface area (Å²) in [6, 6.07) is 83.6. The van der Waals surface area contributed by atoms with E-state index < -0.39 is 8.07 Å². The van der Waals surface area contributed by atoms with Crippen molar-refractivity contribution in [2.45, 2.75) is 0 Å². The monoisotopic (exact) mass is 751 g/mol. The summed E-state index contributed by atoms with van der Waals surface area (Å²) < 4.78 is 0. The van der Waals surface area contributed by atoms with Crippen molar-refractivity contribution in [3.8, 4) is 44.5 Å². The van der Waals surface area contributed by atoms with Crippen LogP contribution in [0.5, 0.6) is 0 Å². The molecule has 12 rings (SSSR count). The van der Waals surface area contributed by atoms with Crippen molar-refractivity contribution >= 4 is 67.4 Å². The normalized spacial score (nSPS) is 13.0. The van der Waals surface area contributed by atoms with Crippen LogP contribution in [0.2, 0.25) is 0 Å². The van der Waals surface area contributed by atoms with Gasteiger partial charge in [-0.3, -0.25) is 0 Å². The van der Waals surface area contributed by atoms with Crippen LogP contribution in [-0.2, 0) is 0 Å². The molecule has 2 heterocycles. The lowest BCUT2D eigenvalue weighted by molar-refractivity contribution is 1.30. The van der Waals surface area contributed by atoms with Crippen molar-refractivity contribution in [2.24, 2.45) is 0 Å². The molecule has 1 spiro atoms. The minimum Gasteiger partial charge on any atom is -0.310 e. The number of nitrogens with zero attached hydrogens (tertiary/aromatic N) is 1. The van der Waals surface area contributed by atoms with Gasteiger partial charge in [-0.15, -0.1) is 0 Å². The zero-order valence-electron chi connectivity index (χ0n) is 31.8. The van der Waals surface area contributed by atoms with Crippen molar-refractivity contribution in [2.75, 3.05) is 4.90 Å². The summed E-state index contributed by atoms with van der Waals surface area (Å²) in [5.41, 5.74) is 13.8. The first-order chi connectivity index (χ1) is 28.8. The molecule has 0 amide bonds. The van der Waals surface area contributed by atoms with Gasteiger partial charge in [-0.05, 0) is 118 Å². The van der Waals surface area contributed by atoms with Gasteiger partial charge in [0.15, 0.2) is 8.07 Å². The molecule has 270 valence electrons. The summed E-state index contributed by atoms with van der Waals surface area (Å²) in [5, 5.41) is 11.0. The van der Waals surface area contributed by atoms with Crippen LogP contribution in [0.1, 0.15) is 0 Å². The van der Waals surface area contributed by atoms with Gasteiger partial charge in [-0.2, -0.15) is 0 Å². The van der Waals surface area contributed by atoms with Crippen LogP contribution >= 0.6 is 0 Å². The van der Waals surface area contributed by atoms with Gasteiger partial charge in [0.05, 0.1) is 5.69 Å². The number of hydrogen-bond acceptors (Lipinski definition) is 1. The van der Waals surface area contributed by atoms with E-state index in [2.05, 4.69) is 229 Å². The van der Waals surface area contributed by atoms with Crippen LogP contribution in [0.15, 0.2) is 224 Å². The molecular formula is C56H37NSi. The lowest BCUT2D eigenvalue weighted by Crippen LogP contribution is -2.70. The second-order valence-electron chi connectivity index (χ2n) is 15.6. The summed E-state index contributed by atoms with van der Waals surface area (Å²) >= 11 is 0. The Morgan fingerprint density at radius 2 is 0.707 bits per heavy atom. The van der Waals surface area contributed by atoms with Gasteiger partial charge in [0, 0.05) is 16.8 Å². The third kappa shape index (κ3) is 4.76. The van der Waals surface area contributed by atoms with E-state index in [0.717, 1.165) is 17.1 Å². The van der Waals surface area contributed by atoms with E-state index in [1.165, 1.54) is 86.8 Å². The standard InChI is InChI=1S/C56H37NSi/c1-2-14-38(15-3-1)39-26-31-43(32-27-39)57(52-37-42-16-4-5-17-45(42)46-18-6-7-19-47(46)52)44-33-28-40(29-34-44)41-30-35-56-51(36-41)50-22-10-13-25-55(50)58(56)53-23-11-8-20-48(53)49-21-9-12-24-54(49)58/h1-37H. The maximum Gasteiger partial charge on any atom is 0.182 e. The zero-order chi connectivity index (χ0) is 38.2. The largest absolute Gasteiger partial charge is 0.310 e. The number of anilines is 3. The van der Waals surface area contributed by atoms with Crippen LogP contribution < -0.4 is 25.6 Å². The van der Waals surface area contributed by atoms with Crippen molar-refractivity contribution in [3.63, 3.8) is 0 Å². The topological polar surface area (TPSA) is 3.24 Å². The second kappa shape index (κ2) is 12.9. The van der Waals surface area contributed by atoms with Gasteiger partial charge < -0.3 is 4.90 Å². The Bertz CT molecular complexity index is 3170. The smallest absolute Gasteiger partial charge is 0.182 e. The lowest BCUT2D eigenvalue weighted by Gasteiger charge is -2.28. The molecule has 0 aromatic heterocycles. The average molecular weight is 752 g/mol. The first kappa shape index (κ1) is 32.9. The molecule has 2 aliphatic heterocycles. The van der Waals surface area contributed by atoms with Crippen molar-refractivity contribution in [1.29, 1.82) is 0 Å². The molecule has 1 nitrogen and oxygen atoms in total. The van der Waals surface area contributed by atoms with E-state index in [0.29, 0.717) is 0 Å². The quantitative estimate of drug-likeness (QED) is 0.125. The molecule has 0 bridgehead atoms. The molecule has 0 radical (unpaired) electrons. The molecule has 0 atom stereocenters. The molecule has 2 heteroatoms.